The normalized spacial score (nSPS) is 10.9. The van der Waals surface area contributed by atoms with Gasteiger partial charge in [-0.05, 0) is 12.1 Å². The Balaban J connectivity index is 2.03. The van der Waals surface area contributed by atoms with E-state index in [4.69, 9.17) is 5.73 Å². The zero-order chi connectivity index (χ0) is 13.4. The average molecular weight is 274 g/mol. The monoisotopic (exact) mass is 274 g/mol. The Bertz CT molecular complexity index is 829. The predicted octanol–water partition coefficient (Wildman–Crippen LogP) is 0.777. The van der Waals surface area contributed by atoms with E-state index >= 15 is 0 Å². The van der Waals surface area contributed by atoms with Gasteiger partial charge in [-0.25, -0.2) is 9.78 Å². The van der Waals surface area contributed by atoms with Gasteiger partial charge < -0.3 is 5.73 Å². The maximum atomic E-state index is 11.6. The number of fused-ring (bicyclic) bond motifs is 1. The van der Waals surface area contributed by atoms with Gasteiger partial charge in [-0.2, -0.15) is 0 Å². The van der Waals surface area contributed by atoms with Gasteiger partial charge in [-0.3, -0.25) is 14.3 Å². The van der Waals surface area contributed by atoms with Crippen molar-refractivity contribution in [1.29, 1.82) is 0 Å². The van der Waals surface area contributed by atoms with Crippen molar-refractivity contribution in [2.24, 2.45) is 0 Å². The highest BCUT2D eigenvalue weighted by Gasteiger charge is 2.06. The first kappa shape index (κ1) is 11.7. The van der Waals surface area contributed by atoms with Gasteiger partial charge in [-0.15, -0.1) is 11.3 Å². The van der Waals surface area contributed by atoms with Crippen LogP contribution < -0.4 is 17.0 Å². The summed E-state index contributed by atoms with van der Waals surface area (Å²) in [4.78, 5) is 29.4. The zero-order valence-corrected chi connectivity index (χ0v) is 10.6. The zero-order valence-electron chi connectivity index (χ0n) is 9.79. The summed E-state index contributed by atoms with van der Waals surface area (Å²) in [7, 11) is 0. The number of hydrogen-bond acceptors (Lipinski definition) is 5. The van der Waals surface area contributed by atoms with E-state index < -0.39 is 11.2 Å². The molecule has 3 N–H and O–H groups in total. The molecule has 0 radical (unpaired) electrons. The van der Waals surface area contributed by atoms with E-state index in [1.54, 1.807) is 0 Å². The maximum absolute atomic E-state index is 11.6. The fourth-order valence-corrected chi connectivity index (χ4v) is 2.74. The molecule has 7 heteroatoms. The molecule has 0 aliphatic rings. The number of nitrogens with zero attached hydrogens (tertiary/aromatic N) is 2. The van der Waals surface area contributed by atoms with Crippen molar-refractivity contribution in [2.45, 2.75) is 6.54 Å². The van der Waals surface area contributed by atoms with Gasteiger partial charge >= 0.3 is 5.69 Å². The average Bonchev–Trinajstić information content (AvgIpc) is 2.78. The first-order valence-corrected chi connectivity index (χ1v) is 6.39. The lowest BCUT2D eigenvalue weighted by Gasteiger charge is -2.02. The predicted molar refractivity (Wildman–Crippen MR) is 74.5 cm³/mol. The quantitative estimate of drug-likeness (QED) is 0.722. The molecule has 0 spiro atoms. The third-order valence-electron chi connectivity index (χ3n) is 2.68. The van der Waals surface area contributed by atoms with Crippen LogP contribution in [0.3, 0.4) is 0 Å². The summed E-state index contributed by atoms with van der Waals surface area (Å²) in [6.07, 6.45) is 1.34. The third kappa shape index (κ3) is 2.15. The third-order valence-corrected chi connectivity index (χ3v) is 3.70. The van der Waals surface area contributed by atoms with Crippen molar-refractivity contribution in [3.8, 4) is 0 Å². The van der Waals surface area contributed by atoms with Gasteiger partial charge in [0.1, 0.15) is 10.7 Å². The molecule has 96 valence electrons. The van der Waals surface area contributed by atoms with Crippen LogP contribution in [0.5, 0.6) is 0 Å². The maximum Gasteiger partial charge on any atom is 0.328 e. The number of para-hydroxylation sites is 1. The SMILES string of the molecule is Nc1cn(Cc2nc3ccccc3s2)c(=O)[nH]c1=O. The van der Waals surface area contributed by atoms with E-state index in [0.29, 0.717) is 6.54 Å². The summed E-state index contributed by atoms with van der Waals surface area (Å²) in [5, 5.41) is 0.787. The number of hydrogen-bond donors (Lipinski definition) is 2. The molecule has 0 amide bonds. The van der Waals surface area contributed by atoms with Crippen LogP contribution in [0.4, 0.5) is 5.69 Å². The van der Waals surface area contributed by atoms with Crippen LogP contribution >= 0.6 is 11.3 Å². The number of anilines is 1. The minimum Gasteiger partial charge on any atom is -0.393 e. The van der Waals surface area contributed by atoms with Crippen LogP contribution in [0.1, 0.15) is 5.01 Å². The largest absolute Gasteiger partial charge is 0.393 e. The lowest BCUT2D eigenvalue weighted by atomic mass is 10.3. The van der Waals surface area contributed by atoms with Crippen molar-refractivity contribution >= 4 is 27.2 Å². The number of nitrogens with two attached hydrogens (primary N) is 1. The first-order valence-electron chi connectivity index (χ1n) is 5.57. The Hall–Kier alpha value is -2.41. The van der Waals surface area contributed by atoms with E-state index in [1.807, 2.05) is 24.3 Å². The van der Waals surface area contributed by atoms with Gasteiger partial charge in [0, 0.05) is 6.20 Å². The van der Waals surface area contributed by atoms with E-state index in [-0.39, 0.29) is 5.69 Å². The van der Waals surface area contributed by atoms with E-state index in [0.717, 1.165) is 15.2 Å². The van der Waals surface area contributed by atoms with Gasteiger partial charge in [0.15, 0.2) is 0 Å². The molecule has 2 heterocycles. The Morgan fingerprint density at radius 3 is 2.89 bits per heavy atom. The van der Waals surface area contributed by atoms with E-state index in [2.05, 4.69) is 9.97 Å². The van der Waals surface area contributed by atoms with Crippen LogP contribution in [0, 0.1) is 0 Å². The summed E-state index contributed by atoms with van der Waals surface area (Å²) in [5.74, 6) is 0. The van der Waals surface area contributed by atoms with Gasteiger partial charge in [0.2, 0.25) is 0 Å². The Morgan fingerprint density at radius 1 is 1.32 bits per heavy atom. The van der Waals surface area contributed by atoms with Crippen molar-refractivity contribution < 1.29 is 0 Å². The minimum absolute atomic E-state index is 0.0145. The molecule has 6 nitrogen and oxygen atoms in total. The lowest BCUT2D eigenvalue weighted by Crippen LogP contribution is -2.31. The molecule has 0 saturated carbocycles. The molecule has 1 aromatic carbocycles. The summed E-state index contributed by atoms with van der Waals surface area (Å²) in [5.41, 5.74) is 5.36. The number of thiazole rings is 1. The molecule has 0 saturated heterocycles. The highest BCUT2D eigenvalue weighted by Crippen LogP contribution is 2.21. The summed E-state index contributed by atoms with van der Waals surface area (Å²) in [6.45, 7) is 0.291. The van der Waals surface area contributed by atoms with E-state index in [1.165, 1.54) is 22.1 Å². The number of aromatic nitrogens is 3. The number of rotatable bonds is 2. The smallest absolute Gasteiger partial charge is 0.328 e. The molecule has 19 heavy (non-hydrogen) atoms. The lowest BCUT2D eigenvalue weighted by molar-refractivity contribution is 0.720. The molecule has 0 fully saturated rings. The summed E-state index contributed by atoms with van der Waals surface area (Å²) < 4.78 is 2.40. The topological polar surface area (TPSA) is 93.8 Å². The Kier molecular flexibility index (Phi) is 2.68. The van der Waals surface area contributed by atoms with Crippen LogP contribution in [0.25, 0.3) is 10.2 Å². The number of nitrogen functional groups attached to an aromatic ring is 1. The van der Waals surface area contributed by atoms with Crippen LogP contribution in [0.15, 0.2) is 40.1 Å². The fraction of sp³-hybridized carbons (Fsp3) is 0.0833. The van der Waals surface area contributed by atoms with Crippen molar-refractivity contribution in [1.82, 2.24) is 14.5 Å². The summed E-state index contributed by atoms with van der Waals surface area (Å²) >= 11 is 1.51. The van der Waals surface area contributed by atoms with Crippen LogP contribution in [-0.4, -0.2) is 14.5 Å². The number of nitrogens with one attached hydrogen (secondary N) is 1. The molecule has 3 rings (SSSR count). The molecule has 3 aromatic rings. The van der Waals surface area contributed by atoms with Crippen molar-refractivity contribution in [3.63, 3.8) is 0 Å². The van der Waals surface area contributed by atoms with E-state index in [9.17, 15) is 9.59 Å². The Morgan fingerprint density at radius 2 is 2.11 bits per heavy atom. The first-order chi connectivity index (χ1) is 9.13. The van der Waals surface area contributed by atoms with Gasteiger partial charge in [0.05, 0.1) is 16.8 Å². The molecule has 0 atom stereocenters. The highest BCUT2D eigenvalue weighted by molar-refractivity contribution is 7.18. The number of aromatic amines is 1. The van der Waals surface area contributed by atoms with Crippen molar-refractivity contribution in [2.75, 3.05) is 5.73 Å². The molecule has 0 aliphatic carbocycles. The van der Waals surface area contributed by atoms with Gasteiger partial charge in [-0.1, -0.05) is 12.1 Å². The number of benzene rings is 1. The van der Waals surface area contributed by atoms with Crippen LogP contribution in [-0.2, 0) is 6.54 Å². The molecule has 0 unspecified atom stereocenters. The Labute approximate surface area is 111 Å². The highest BCUT2D eigenvalue weighted by atomic mass is 32.1. The molecule has 0 bridgehead atoms. The molecular formula is C12H10N4O2S. The summed E-state index contributed by atoms with van der Waals surface area (Å²) in [6, 6.07) is 7.74. The van der Waals surface area contributed by atoms with Crippen LogP contribution in [0.2, 0.25) is 0 Å². The molecule has 2 aromatic heterocycles. The van der Waals surface area contributed by atoms with Crippen molar-refractivity contribution in [3.05, 3.63) is 56.3 Å². The number of H-pyrrole nitrogens is 1. The second-order valence-electron chi connectivity index (χ2n) is 4.05. The second kappa shape index (κ2) is 4.36. The molecular weight excluding hydrogens is 264 g/mol. The fourth-order valence-electron chi connectivity index (χ4n) is 1.78. The second-order valence-corrected chi connectivity index (χ2v) is 5.16. The minimum atomic E-state index is -0.564. The standard InChI is InChI=1S/C12H10N4O2S/c13-7-5-16(12(18)15-11(7)17)6-10-14-8-3-1-2-4-9(8)19-10/h1-5H,6,13H2,(H,15,17,18). The molecule has 0 aliphatic heterocycles. The van der Waals surface area contributed by atoms with Gasteiger partial charge in [0.25, 0.3) is 5.56 Å².